The van der Waals surface area contributed by atoms with E-state index in [0.29, 0.717) is 6.61 Å². The maximum absolute atomic E-state index is 12.3. The summed E-state index contributed by atoms with van der Waals surface area (Å²) >= 11 is 0. The van der Waals surface area contributed by atoms with E-state index >= 15 is 0 Å². The van der Waals surface area contributed by atoms with Gasteiger partial charge in [0.15, 0.2) is 5.79 Å². The lowest BCUT2D eigenvalue weighted by molar-refractivity contribution is -0.197. The summed E-state index contributed by atoms with van der Waals surface area (Å²) in [4.78, 5) is 12.3. The summed E-state index contributed by atoms with van der Waals surface area (Å²) in [5.74, 6) is -1.09. The Bertz CT molecular complexity index is 1070. The molecule has 0 bridgehead atoms. The number of esters is 1. The number of fused-ring (bicyclic) bond motifs is 1. The summed E-state index contributed by atoms with van der Waals surface area (Å²) in [6.45, 7) is 6.11. The Kier molecular flexibility index (Phi) is 7.45. The molecule has 0 radical (unpaired) electrons. The van der Waals surface area contributed by atoms with Crippen molar-refractivity contribution in [2.75, 3.05) is 13.2 Å². The molecule has 0 saturated carbocycles. The van der Waals surface area contributed by atoms with E-state index in [-0.39, 0.29) is 31.2 Å². The highest BCUT2D eigenvalue weighted by atomic mass is 16.8. The summed E-state index contributed by atoms with van der Waals surface area (Å²) in [6.07, 6.45) is -1.55. The first-order valence-electron chi connectivity index (χ1n) is 12.9. The molecule has 6 nitrogen and oxygen atoms in total. The van der Waals surface area contributed by atoms with Crippen LogP contribution in [-0.2, 0) is 34.1 Å². The summed E-state index contributed by atoms with van der Waals surface area (Å²) < 4.78 is 30.9. The van der Waals surface area contributed by atoms with Crippen molar-refractivity contribution in [2.24, 2.45) is 0 Å². The van der Waals surface area contributed by atoms with Crippen molar-refractivity contribution in [3.05, 3.63) is 108 Å². The standard InChI is InChI=1S/C31H34O6/c1-4-33-27(32)20-25-28-29(37-30(2,3)36-28)26(35-25)21-34-31(22-14-8-5-9-15-22,23-16-10-6-11-17-23)24-18-12-7-13-19-24/h5-19,25-26,28-29H,4,20-21H2,1-3H3/t25?,26-,28+,29-/m1/s1. The highest BCUT2D eigenvalue weighted by molar-refractivity contribution is 5.70. The summed E-state index contributed by atoms with van der Waals surface area (Å²) in [5, 5.41) is 0. The number of carbonyl (C=O) groups excluding carboxylic acids is 1. The molecule has 2 heterocycles. The van der Waals surface area contributed by atoms with Gasteiger partial charge in [-0.1, -0.05) is 91.0 Å². The maximum Gasteiger partial charge on any atom is 0.308 e. The van der Waals surface area contributed by atoms with Gasteiger partial charge in [-0.15, -0.1) is 0 Å². The number of hydrogen-bond donors (Lipinski definition) is 0. The quantitative estimate of drug-likeness (QED) is 0.295. The van der Waals surface area contributed by atoms with E-state index in [0.717, 1.165) is 16.7 Å². The van der Waals surface area contributed by atoms with E-state index in [2.05, 4.69) is 36.4 Å². The highest BCUT2D eigenvalue weighted by Crippen LogP contribution is 2.44. The van der Waals surface area contributed by atoms with Crippen molar-refractivity contribution in [2.45, 2.75) is 63.0 Å². The van der Waals surface area contributed by atoms with E-state index in [4.69, 9.17) is 23.7 Å². The van der Waals surface area contributed by atoms with Crippen LogP contribution in [0.4, 0.5) is 0 Å². The zero-order valence-corrected chi connectivity index (χ0v) is 21.5. The van der Waals surface area contributed by atoms with Gasteiger partial charge in [-0.3, -0.25) is 4.79 Å². The van der Waals surface area contributed by atoms with Gasteiger partial charge in [0.25, 0.3) is 0 Å². The Balaban J connectivity index is 1.50. The van der Waals surface area contributed by atoms with Gasteiger partial charge in [0.2, 0.25) is 0 Å². The van der Waals surface area contributed by atoms with Gasteiger partial charge in [0.05, 0.1) is 25.7 Å². The van der Waals surface area contributed by atoms with Gasteiger partial charge in [0.1, 0.15) is 23.9 Å². The van der Waals surface area contributed by atoms with E-state index in [1.165, 1.54) is 0 Å². The average molecular weight is 503 g/mol. The second kappa shape index (κ2) is 10.8. The fourth-order valence-corrected chi connectivity index (χ4v) is 5.43. The number of ether oxygens (including phenoxy) is 5. The minimum absolute atomic E-state index is 0.103. The molecule has 2 fully saturated rings. The van der Waals surface area contributed by atoms with Crippen LogP contribution >= 0.6 is 0 Å². The minimum atomic E-state index is -0.878. The second-order valence-electron chi connectivity index (χ2n) is 9.88. The highest BCUT2D eigenvalue weighted by Gasteiger charge is 2.56. The minimum Gasteiger partial charge on any atom is -0.466 e. The second-order valence-corrected chi connectivity index (χ2v) is 9.88. The Morgan fingerprint density at radius 1 is 0.784 bits per heavy atom. The number of benzene rings is 3. The summed E-state index contributed by atoms with van der Waals surface area (Å²) in [6, 6.07) is 30.6. The van der Waals surface area contributed by atoms with Crippen molar-refractivity contribution >= 4 is 5.97 Å². The molecule has 0 amide bonds. The monoisotopic (exact) mass is 502 g/mol. The topological polar surface area (TPSA) is 63.2 Å². The SMILES string of the molecule is CCOC(=O)CC1O[C@H](COC(c2ccccc2)(c2ccccc2)c2ccccc2)[C@H]2OC(C)(C)O[C@@H]12. The zero-order chi connectivity index (χ0) is 25.9. The van der Waals surface area contributed by atoms with Gasteiger partial charge < -0.3 is 23.7 Å². The molecule has 0 spiro atoms. The molecule has 2 aliphatic heterocycles. The van der Waals surface area contributed by atoms with Crippen molar-refractivity contribution in [1.82, 2.24) is 0 Å². The Labute approximate surface area is 218 Å². The number of hydrogen-bond acceptors (Lipinski definition) is 6. The predicted molar refractivity (Wildman–Crippen MR) is 139 cm³/mol. The molecule has 1 unspecified atom stereocenters. The van der Waals surface area contributed by atoms with Gasteiger partial charge in [-0.2, -0.15) is 0 Å². The molecule has 0 N–H and O–H groups in total. The summed E-state index contributed by atoms with van der Waals surface area (Å²) in [5.41, 5.74) is 2.15. The molecule has 2 saturated heterocycles. The van der Waals surface area contributed by atoms with Crippen molar-refractivity contribution in [1.29, 1.82) is 0 Å². The van der Waals surface area contributed by atoms with Crippen LogP contribution in [0.15, 0.2) is 91.0 Å². The lowest BCUT2D eigenvalue weighted by atomic mass is 9.80. The third-order valence-electron chi connectivity index (χ3n) is 6.92. The van der Waals surface area contributed by atoms with Gasteiger partial charge in [-0.05, 0) is 37.5 Å². The molecular formula is C31H34O6. The molecule has 3 aromatic carbocycles. The van der Waals surface area contributed by atoms with E-state index in [9.17, 15) is 4.79 Å². The molecule has 0 aromatic heterocycles. The lowest BCUT2D eigenvalue weighted by Crippen LogP contribution is -2.39. The first-order valence-corrected chi connectivity index (χ1v) is 12.9. The molecule has 6 heteroatoms. The van der Waals surface area contributed by atoms with Gasteiger partial charge in [0, 0.05) is 0 Å². The molecule has 194 valence electrons. The first-order chi connectivity index (χ1) is 17.9. The van der Waals surface area contributed by atoms with Crippen LogP contribution in [0.2, 0.25) is 0 Å². The average Bonchev–Trinajstić information content (AvgIpc) is 3.39. The molecule has 37 heavy (non-hydrogen) atoms. The number of rotatable bonds is 9. The molecular weight excluding hydrogens is 468 g/mol. The summed E-state index contributed by atoms with van der Waals surface area (Å²) in [7, 11) is 0. The number of carbonyl (C=O) groups is 1. The molecule has 3 aromatic rings. The fourth-order valence-electron chi connectivity index (χ4n) is 5.43. The third kappa shape index (κ3) is 5.20. The molecule has 0 aliphatic carbocycles. The van der Waals surface area contributed by atoms with Crippen LogP contribution in [0.3, 0.4) is 0 Å². The zero-order valence-electron chi connectivity index (χ0n) is 21.5. The van der Waals surface area contributed by atoms with E-state index in [1.807, 2.05) is 68.4 Å². The Morgan fingerprint density at radius 2 is 1.24 bits per heavy atom. The smallest absolute Gasteiger partial charge is 0.308 e. The normalized spacial score (nSPS) is 24.5. The van der Waals surface area contributed by atoms with Crippen LogP contribution in [-0.4, -0.2) is 49.4 Å². The van der Waals surface area contributed by atoms with Gasteiger partial charge in [-0.25, -0.2) is 0 Å². The maximum atomic E-state index is 12.3. The van der Waals surface area contributed by atoms with Crippen LogP contribution in [0, 0.1) is 0 Å². The Morgan fingerprint density at radius 3 is 1.70 bits per heavy atom. The molecule has 5 rings (SSSR count). The van der Waals surface area contributed by atoms with Crippen LogP contribution in [0.5, 0.6) is 0 Å². The van der Waals surface area contributed by atoms with Crippen molar-refractivity contribution < 1.29 is 28.5 Å². The van der Waals surface area contributed by atoms with Crippen LogP contribution < -0.4 is 0 Å². The van der Waals surface area contributed by atoms with Crippen molar-refractivity contribution in [3.8, 4) is 0 Å². The molecule has 2 aliphatic rings. The van der Waals surface area contributed by atoms with Gasteiger partial charge >= 0.3 is 5.97 Å². The first kappa shape index (κ1) is 25.6. The Hall–Kier alpha value is -3.03. The largest absolute Gasteiger partial charge is 0.466 e. The van der Waals surface area contributed by atoms with Crippen molar-refractivity contribution in [3.63, 3.8) is 0 Å². The third-order valence-corrected chi connectivity index (χ3v) is 6.92. The van der Waals surface area contributed by atoms with Crippen LogP contribution in [0.25, 0.3) is 0 Å². The van der Waals surface area contributed by atoms with E-state index in [1.54, 1.807) is 6.92 Å². The van der Waals surface area contributed by atoms with Crippen LogP contribution in [0.1, 0.15) is 43.9 Å². The fraction of sp³-hybridized carbons (Fsp3) is 0.387. The molecule has 4 atom stereocenters. The lowest BCUT2D eigenvalue weighted by Gasteiger charge is -2.37. The predicted octanol–water partition coefficient (Wildman–Crippen LogP) is 5.24. The van der Waals surface area contributed by atoms with E-state index < -0.39 is 23.6 Å².